The standard InChI is InChI=1S/C19H12FN5/c20-19-15(9-22)2-1-3-16(19)12-25(18-10-23-13-24-11-18)17-6-4-14(8-21)5-7-17/h1-7,10-11,13H,12H2. The minimum atomic E-state index is -0.541. The molecule has 0 aliphatic rings. The summed E-state index contributed by atoms with van der Waals surface area (Å²) in [5.74, 6) is -0.541. The number of halogens is 1. The predicted molar refractivity (Wildman–Crippen MR) is 90.1 cm³/mol. The molecule has 25 heavy (non-hydrogen) atoms. The highest BCUT2D eigenvalue weighted by molar-refractivity contribution is 5.63. The van der Waals surface area contributed by atoms with E-state index in [4.69, 9.17) is 10.5 Å². The van der Waals surface area contributed by atoms with Gasteiger partial charge in [0.15, 0.2) is 0 Å². The van der Waals surface area contributed by atoms with Gasteiger partial charge in [0.1, 0.15) is 18.2 Å². The molecule has 2 aromatic carbocycles. The molecular weight excluding hydrogens is 317 g/mol. The molecule has 0 aliphatic heterocycles. The van der Waals surface area contributed by atoms with Gasteiger partial charge in [0.2, 0.25) is 0 Å². The van der Waals surface area contributed by atoms with E-state index in [0.717, 1.165) is 5.69 Å². The predicted octanol–water partition coefficient (Wildman–Crippen LogP) is 3.70. The van der Waals surface area contributed by atoms with E-state index < -0.39 is 5.82 Å². The summed E-state index contributed by atoms with van der Waals surface area (Å²) in [6, 6.07) is 15.6. The first-order valence-electron chi connectivity index (χ1n) is 7.43. The lowest BCUT2D eigenvalue weighted by Gasteiger charge is -2.24. The van der Waals surface area contributed by atoms with Gasteiger partial charge in [-0.3, -0.25) is 0 Å². The van der Waals surface area contributed by atoms with Gasteiger partial charge in [0.25, 0.3) is 0 Å². The van der Waals surface area contributed by atoms with Gasteiger partial charge in [0, 0.05) is 11.3 Å². The molecule has 0 saturated carbocycles. The maximum atomic E-state index is 14.5. The molecular formula is C19H12FN5. The second kappa shape index (κ2) is 7.20. The third-order valence-corrected chi connectivity index (χ3v) is 3.69. The smallest absolute Gasteiger partial charge is 0.145 e. The summed E-state index contributed by atoms with van der Waals surface area (Å²) in [7, 11) is 0. The van der Waals surface area contributed by atoms with E-state index in [9.17, 15) is 4.39 Å². The number of aromatic nitrogens is 2. The van der Waals surface area contributed by atoms with Gasteiger partial charge in [-0.05, 0) is 30.3 Å². The van der Waals surface area contributed by atoms with Gasteiger partial charge >= 0.3 is 0 Å². The summed E-state index contributed by atoms with van der Waals surface area (Å²) in [4.78, 5) is 9.84. The molecule has 0 unspecified atom stereocenters. The molecule has 6 heteroatoms. The fraction of sp³-hybridized carbons (Fsp3) is 0.0526. The van der Waals surface area contributed by atoms with Crippen LogP contribution in [0.15, 0.2) is 61.2 Å². The van der Waals surface area contributed by atoms with E-state index in [1.54, 1.807) is 48.8 Å². The van der Waals surface area contributed by atoms with Gasteiger partial charge in [-0.2, -0.15) is 10.5 Å². The SMILES string of the molecule is N#Cc1ccc(N(Cc2cccc(C#N)c2F)c2cncnc2)cc1. The number of anilines is 2. The number of hydrogen-bond acceptors (Lipinski definition) is 5. The van der Waals surface area contributed by atoms with Crippen molar-refractivity contribution in [2.24, 2.45) is 0 Å². The molecule has 1 heterocycles. The largest absolute Gasteiger partial charge is 0.334 e. The molecule has 3 rings (SSSR count). The summed E-state index contributed by atoms with van der Waals surface area (Å²) in [6.45, 7) is 0.195. The molecule has 1 aromatic heterocycles. The Labute approximate surface area is 144 Å². The van der Waals surface area contributed by atoms with Gasteiger partial charge in [0.05, 0.1) is 41.8 Å². The first-order chi connectivity index (χ1) is 12.2. The Morgan fingerprint density at radius 2 is 1.64 bits per heavy atom. The quantitative estimate of drug-likeness (QED) is 0.729. The minimum Gasteiger partial charge on any atom is -0.334 e. The van der Waals surface area contributed by atoms with Crippen molar-refractivity contribution in [3.63, 3.8) is 0 Å². The monoisotopic (exact) mass is 329 g/mol. The lowest BCUT2D eigenvalue weighted by molar-refractivity contribution is 0.605. The Bertz CT molecular complexity index is 956. The van der Waals surface area contributed by atoms with E-state index in [0.29, 0.717) is 16.8 Å². The summed E-state index contributed by atoms with van der Waals surface area (Å²) in [5, 5.41) is 18.0. The van der Waals surface area contributed by atoms with E-state index in [2.05, 4.69) is 16.0 Å². The van der Waals surface area contributed by atoms with Crippen LogP contribution in [0.2, 0.25) is 0 Å². The van der Waals surface area contributed by atoms with Crippen LogP contribution in [0.4, 0.5) is 15.8 Å². The molecule has 0 spiro atoms. The van der Waals surface area contributed by atoms with Crippen LogP contribution in [0.5, 0.6) is 0 Å². The summed E-state index contributed by atoms with van der Waals surface area (Å²) in [6.07, 6.45) is 4.66. The number of nitriles is 2. The van der Waals surface area contributed by atoms with E-state index >= 15 is 0 Å². The average molecular weight is 329 g/mol. The van der Waals surface area contributed by atoms with E-state index in [1.165, 1.54) is 12.4 Å². The molecule has 0 N–H and O–H groups in total. The number of nitrogens with zero attached hydrogens (tertiary/aromatic N) is 5. The second-order valence-corrected chi connectivity index (χ2v) is 5.23. The van der Waals surface area contributed by atoms with E-state index in [-0.39, 0.29) is 12.1 Å². The van der Waals surface area contributed by atoms with Crippen molar-refractivity contribution in [1.82, 2.24) is 9.97 Å². The van der Waals surface area contributed by atoms with Crippen LogP contribution in [-0.4, -0.2) is 9.97 Å². The van der Waals surface area contributed by atoms with Crippen LogP contribution in [0, 0.1) is 28.5 Å². The van der Waals surface area contributed by atoms with Crippen LogP contribution in [-0.2, 0) is 6.54 Å². The van der Waals surface area contributed by atoms with Crippen molar-refractivity contribution in [2.45, 2.75) is 6.54 Å². The number of hydrogen-bond donors (Lipinski definition) is 0. The van der Waals surface area contributed by atoms with Crippen molar-refractivity contribution < 1.29 is 4.39 Å². The minimum absolute atomic E-state index is 0.00147. The molecule has 0 atom stereocenters. The molecule has 0 bridgehead atoms. The third kappa shape index (κ3) is 3.44. The molecule has 0 amide bonds. The highest BCUT2D eigenvalue weighted by Gasteiger charge is 2.15. The van der Waals surface area contributed by atoms with Crippen molar-refractivity contribution in [2.75, 3.05) is 4.90 Å². The fourth-order valence-electron chi connectivity index (χ4n) is 2.44. The molecule has 120 valence electrons. The molecule has 0 radical (unpaired) electrons. The molecule has 0 aliphatic carbocycles. The van der Waals surface area contributed by atoms with Crippen LogP contribution in [0.25, 0.3) is 0 Å². The summed E-state index contributed by atoms with van der Waals surface area (Å²) >= 11 is 0. The van der Waals surface area contributed by atoms with Crippen molar-refractivity contribution in [3.05, 3.63) is 83.7 Å². The average Bonchev–Trinajstić information content (AvgIpc) is 2.68. The topological polar surface area (TPSA) is 76.6 Å². The fourth-order valence-corrected chi connectivity index (χ4v) is 2.44. The number of benzene rings is 2. The maximum absolute atomic E-state index is 14.5. The van der Waals surface area contributed by atoms with Crippen molar-refractivity contribution in [1.29, 1.82) is 10.5 Å². The lowest BCUT2D eigenvalue weighted by atomic mass is 10.1. The van der Waals surface area contributed by atoms with Crippen LogP contribution < -0.4 is 4.90 Å². The first kappa shape index (κ1) is 16.1. The molecule has 3 aromatic rings. The molecule has 5 nitrogen and oxygen atoms in total. The third-order valence-electron chi connectivity index (χ3n) is 3.69. The summed E-state index contributed by atoms with van der Waals surface area (Å²) < 4.78 is 14.5. The van der Waals surface area contributed by atoms with Crippen LogP contribution in [0.3, 0.4) is 0 Å². The highest BCUT2D eigenvalue weighted by atomic mass is 19.1. The van der Waals surface area contributed by atoms with Crippen LogP contribution >= 0.6 is 0 Å². The van der Waals surface area contributed by atoms with Gasteiger partial charge in [-0.15, -0.1) is 0 Å². The second-order valence-electron chi connectivity index (χ2n) is 5.23. The zero-order valence-corrected chi connectivity index (χ0v) is 13.1. The van der Waals surface area contributed by atoms with Gasteiger partial charge in [-0.25, -0.2) is 14.4 Å². The van der Waals surface area contributed by atoms with Gasteiger partial charge < -0.3 is 4.90 Å². The Kier molecular flexibility index (Phi) is 4.64. The number of rotatable bonds is 4. The lowest BCUT2D eigenvalue weighted by Crippen LogP contribution is -2.18. The highest BCUT2D eigenvalue weighted by Crippen LogP contribution is 2.27. The van der Waals surface area contributed by atoms with Crippen LogP contribution in [0.1, 0.15) is 16.7 Å². The van der Waals surface area contributed by atoms with Crippen molar-refractivity contribution >= 4 is 11.4 Å². The zero-order chi connectivity index (χ0) is 17.6. The molecule has 0 fully saturated rings. The van der Waals surface area contributed by atoms with Crippen molar-refractivity contribution in [3.8, 4) is 12.1 Å². The Balaban J connectivity index is 2.03. The zero-order valence-electron chi connectivity index (χ0n) is 13.1. The summed E-state index contributed by atoms with van der Waals surface area (Å²) in [5.41, 5.74) is 2.35. The first-order valence-corrected chi connectivity index (χ1v) is 7.43. The molecule has 0 saturated heterocycles. The Morgan fingerprint density at radius 3 is 2.28 bits per heavy atom. The van der Waals surface area contributed by atoms with Gasteiger partial charge in [-0.1, -0.05) is 12.1 Å². The maximum Gasteiger partial charge on any atom is 0.145 e. The Morgan fingerprint density at radius 1 is 0.920 bits per heavy atom. The van der Waals surface area contributed by atoms with E-state index in [1.807, 2.05) is 11.0 Å². The normalized spacial score (nSPS) is 9.88. The Hall–Kier alpha value is -3.77.